The topological polar surface area (TPSA) is 43.3 Å². The molecule has 0 saturated carbocycles. The molecule has 3 aromatic carbocycles. The van der Waals surface area contributed by atoms with E-state index in [0.29, 0.717) is 5.56 Å². The molecular weight excluding hydrogens is 416 g/mol. The van der Waals surface area contributed by atoms with E-state index in [2.05, 4.69) is 58.9 Å². The van der Waals surface area contributed by atoms with Crippen LogP contribution < -0.4 is 10.1 Å². The van der Waals surface area contributed by atoms with Gasteiger partial charge in [0.15, 0.2) is 0 Å². The van der Waals surface area contributed by atoms with E-state index in [-0.39, 0.29) is 5.91 Å². The van der Waals surface area contributed by atoms with Gasteiger partial charge in [0.1, 0.15) is 5.75 Å². The van der Waals surface area contributed by atoms with Gasteiger partial charge in [0.25, 0.3) is 5.91 Å². The van der Waals surface area contributed by atoms with Crippen LogP contribution in [0.2, 0.25) is 0 Å². The lowest BCUT2D eigenvalue weighted by Crippen LogP contribution is -2.13. The number of rotatable bonds is 4. The fraction of sp³-hybridized carbons (Fsp3) is 0.148. The van der Waals surface area contributed by atoms with Gasteiger partial charge in [-0.25, -0.2) is 0 Å². The molecule has 4 nitrogen and oxygen atoms in total. The van der Waals surface area contributed by atoms with Crippen LogP contribution >= 0.6 is 12.6 Å². The van der Waals surface area contributed by atoms with Gasteiger partial charge in [-0.2, -0.15) is 0 Å². The number of nitrogens with zero attached hydrogens (tertiary/aromatic N) is 1. The zero-order valence-corrected chi connectivity index (χ0v) is 18.9. The summed E-state index contributed by atoms with van der Waals surface area (Å²) in [5, 5.41) is 2.99. The van der Waals surface area contributed by atoms with Crippen molar-refractivity contribution in [2.75, 3.05) is 11.9 Å². The fourth-order valence-corrected chi connectivity index (χ4v) is 4.52. The lowest BCUT2D eigenvalue weighted by atomic mass is 10.00. The van der Waals surface area contributed by atoms with E-state index in [0.717, 1.165) is 57.6 Å². The number of carbonyl (C=O) groups is 1. The van der Waals surface area contributed by atoms with E-state index in [1.165, 1.54) is 5.56 Å². The lowest BCUT2D eigenvalue weighted by Gasteiger charge is -2.16. The highest BCUT2D eigenvalue weighted by Gasteiger charge is 2.20. The minimum absolute atomic E-state index is 0.122. The van der Waals surface area contributed by atoms with E-state index in [4.69, 9.17) is 4.74 Å². The Morgan fingerprint density at radius 2 is 1.78 bits per heavy atom. The number of aromatic nitrogens is 1. The zero-order valence-electron chi connectivity index (χ0n) is 18.1. The molecule has 0 fully saturated rings. The van der Waals surface area contributed by atoms with Crippen LogP contribution in [0.5, 0.6) is 5.75 Å². The van der Waals surface area contributed by atoms with Crippen molar-refractivity contribution in [3.8, 4) is 22.6 Å². The van der Waals surface area contributed by atoms with Gasteiger partial charge in [-0.05, 0) is 73.5 Å². The molecule has 4 aromatic rings. The van der Waals surface area contributed by atoms with Crippen LogP contribution in [0, 0.1) is 13.8 Å². The summed E-state index contributed by atoms with van der Waals surface area (Å²) >= 11 is 4.30. The Hall–Kier alpha value is -3.44. The van der Waals surface area contributed by atoms with Crippen molar-refractivity contribution >= 4 is 24.2 Å². The molecule has 0 saturated heterocycles. The molecule has 0 atom stereocenters. The number of aryl methyl sites for hydroxylation is 1. The molecule has 0 bridgehead atoms. The maximum Gasteiger partial charge on any atom is 0.257 e. The van der Waals surface area contributed by atoms with Crippen molar-refractivity contribution in [3.05, 3.63) is 95.3 Å². The van der Waals surface area contributed by atoms with Crippen LogP contribution in [0.4, 0.5) is 5.69 Å². The Balaban J connectivity index is 1.53. The van der Waals surface area contributed by atoms with E-state index >= 15 is 0 Å². The summed E-state index contributed by atoms with van der Waals surface area (Å²) < 4.78 is 7.83. The second-order valence-corrected chi connectivity index (χ2v) is 8.58. The predicted octanol–water partition coefficient (Wildman–Crippen LogP) is 6.24. The standard InChI is InChI=1S/C27H24N2O2S/c1-17-15-24(27(30)28-21-8-10-22(32)11-9-21)18(2)29(17)25-6-4-3-5-23(25)19-7-12-26-20(16-19)13-14-31-26/h3-12,15-16,32H,13-14H2,1-2H3,(H,28,30). The number of benzene rings is 3. The molecular formula is C27H24N2O2S. The van der Waals surface area contributed by atoms with E-state index in [1.54, 1.807) is 0 Å². The number of nitrogens with one attached hydrogen (secondary N) is 1. The Morgan fingerprint density at radius 1 is 1.00 bits per heavy atom. The van der Waals surface area contributed by atoms with Gasteiger partial charge in [0.2, 0.25) is 0 Å². The first-order valence-corrected chi connectivity index (χ1v) is 11.1. The molecule has 0 spiro atoms. The van der Waals surface area contributed by atoms with Crippen molar-refractivity contribution in [2.45, 2.75) is 25.2 Å². The maximum atomic E-state index is 13.0. The normalized spacial score (nSPS) is 12.3. The number of thiol groups is 1. The van der Waals surface area contributed by atoms with Gasteiger partial charge in [0, 0.05) is 34.0 Å². The third-order valence-electron chi connectivity index (χ3n) is 5.95. The summed E-state index contributed by atoms with van der Waals surface area (Å²) in [4.78, 5) is 13.9. The number of ether oxygens (including phenoxy) is 1. The second-order valence-electron chi connectivity index (χ2n) is 8.06. The minimum Gasteiger partial charge on any atom is -0.493 e. The number of hydrogen-bond donors (Lipinski definition) is 2. The van der Waals surface area contributed by atoms with Crippen molar-refractivity contribution < 1.29 is 9.53 Å². The third kappa shape index (κ3) is 3.69. The number of carbonyl (C=O) groups excluding carboxylic acids is 1. The van der Waals surface area contributed by atoms with E-state index in [9.17, 15) is 4.79 Å². The van der Waals surface area contributed by atoms with Crippen molar-refractivity contribution in [2.24, 2.45) is 0 Å². The van der Waals surface area contributed by atoms with Crippen LogP contribution in [0.15, 0.2) is 77.7 Å². The molecule has 0 aliphatic carbocycles. The third-order valence-corrected chi connectivity index (χ3v) is 6.24. The zero-order chi connectivity index (χ0) is 22.2. The fourth-order valence-electron chi connectivity index (χ4n) is 4.37. The number of amides is 1. The average Bonchev–Trinajstić information content (AvgIpc) is 3.38. The van der Waals surface area contributed by atoms with Gasteiger partial charge in [0.05, 0.1) is 17.9 Å². The molecule has 1 aliphatic rings. The molecule has 1 aliphatic heterocycles. The largest absolute Gasteiger partial charge is 0.493 e. The van der Waals surface area contributed by atoms with Crippen LogP contribution in [-0.4, -0.2) is 17.1 Å². The van der Waals surface area contributed by atoms with Crippen LogP contribution in [0.3, 0.4) is 0 Å². The molecule has 5 heteroatoms. The highest BCUT2D eigenvalue weighted by molar-refractivity contribution is 7.80. The summed E-state index contributed by atoms with van der Waals surface area (Å²) in [6.07, 6.45) is 0.936. The van der Waals surface area contributed by atoms with Gasteiger partial charge >= 0.3 is 0 Å². The Kier molecular flexibility index (Phi) is 5.27. The first-order valence-electron chi connectivity index (χ1n) is 10.7. The maximum absolute atomic E-state index is 13.0. The Morgan fingerprint density at radius 3 is 2.59 bits per heavy atom. The molecule has 5 rings (SSSR count). The van der Waals surface area contributed by atoms with Crippen molar-refractivity contribution in [3.63, 3.8) is 0 Å². The number of anilines is 1. The highest BCUT2D eigenvalue weighted by Crippen LogP contribution is 2.35. The van der Waals surface area contributed by atoms with Gasteiger partial charge in [-0.3, -0.25) is 4.79 Å². The molecule has 0 radical (unpaired) electrons. The molecule has 160 valence electrons. The summed E-state index contributed by atoms with van der Waals surface area (Å²) in [5.74, 6) is 0.855. The van der Waals surface area contributed by atoms with Crippen LogP contribution in [-0.2, 0) is 6.42 Å². The molecule has 0 unspecified atom stereocenters. The molecule has 1 aromatic heterocycles. The van der Waals surface area contributed by atoms with E-state index in [1.807, 2.05) is 50.2 Å². The number of hydrogen-bond acceptors (Lipinski definition) is 3. The van der Waals surface area contributed by atoms with E-state index < -0.39 is 0 Å². The molecule has 2 heterocycles. The predicted molar refractivity (Wildman–Crippen MR) is 132 cm³/mol. The SMILES string of the molecule is Cc1cc(C(=O)Nc2ccc(S)cc2)c(C)n1-c1ccccc1-c1ccc2c(c1)CCO2. The Bertz CT molecular complexity index is 1320. The quantitative estimate of drug-likeness (QED) is 0.369. The molecule has 32 heavy (non-hydrogen) atoms. The van der Waals surface area contributed by atoms with Gasteiger partial charge < -0.3 is 14.6 Å². The Labute approximate surface area is 193 Å². The number of fused-ring (bicyclic) bond motifs is 1. The molecule has 1 amide bonds. The first kappa shape index (κ1) is 20.5. The monoisotopic (exact) mass is 440 g/mol. The summed E-state index contributed by atoms with van der Waals surface area (Å²) in [5.41, 5.74) is 7.90. The highest BCUT2D eigenvalue weighted by atomic mass is 32.1. The van der Waals surface area contributed by atoms with Crippen molar-refractivity contribution in [1.82, 2.24) is 4.57 Å². The number of para-hydroxylation sites is 1. The smallest absolute Gasteiger partial charge is 0.257 e. The molecule has 1 N–H and O–H groups in total. The second kappa shape index (κ2) is 8.24. The summed E-state index contributed by atoms with van der Waals surface area (Å²) in [7, 11) is 0. The van der Waals surface area contributed by atoms with Crippen molar-refractivity contribution in [1.29, 1.82) is 0 Å². The minimum atomic E-state index is -0.122. The van der Waals surface area contributed by atoms with Crippen LogP contribution in [0.1, 0.15) is 27.3 Å². The van der Waals surface area contributed by atoms with Crippen LogP contribution in [0.25, 0.3) is 16.8 Å². The van der Waals surface area contributed by atoms with Gasteiger partial charge in [-0.15, -0.1) is 12.6 Å². The summed E-state index contributed by atoms with van der Waals surface area (Å²) in [6, 6.07) is 24.1. The first-order chi connectivity index (χ1) is 15.5. The lowest BCUT2D eigenvalue weighted by molar-refractivity contribution is 0.102. The summed E-state index contributed by atoms with van der Waals surface area (Å²) in [6.45, 7) is 4.77. The van der Waals surface area contributed by atoms with Gasteiger partial charge in [-0.1, -0.05) is 24.3 Å². The average molecular weight is 441 g/mol.